The lowest BCUT2D eigenvalue weighted by Crippen LogP contribution is -2.29. The van der Waals surface area contributed by atoms with Crippen molar-refractivity contribution in [1.29, 1.82) is 0 Å². The zero-order valence-electron chi connectivity index (χ0n) is 9.66. The summed E-state index contributed by atoms with van der Waals surface area (Å²) in [4.78, 5) is 5.64. The number of nitrogens with one attached hydrogen (secondary N) is 1. The molecule has 0 aliphatic heterocycles. The van der Waals surface area contributed by atoms with Crippen LogP contribution in [0.1, 0.15) is 15.6 Å². The predicted molar refractivity (Wildman–Crippen MR) is 61.1 cm³/mol. The first-order valence-corrected chi connectivity index (χ1v) is 5.68. The van der Waals surface area contributed by atoms with Crippen molar-refractivity contribution in [3.05, 3.63) is 15.6 Å². The topological polar surface area (TPSA) is 43.4 Å². The van der Waals surface area contributed by atoms with Gasteiger partial charge in [0.25, 0.3) is 0 Å². The third-order valence-corrected chi connectivity index (χ3v) is 3.19. The van der Waals surface area contributed by atoms with Gasteiger partial charge in [-0.15, -0.1) is 11.3 Å². The summed E-state index contributed by atoms with van der Waals surface area (Å²) in [5, 5.41) is 4.39. The molecule has 1 aromatic rings. The van der Waals surface area contributed by atoms with E-state index in [0.29, 0.717) is 6.54 Å². The monoisotopic (exact) mass is 230 g/mol. The molecular weight excluding hydrogens is 212 g/mol. The second-order valence-corrected chi connectivity index (χ2v) is 4.56. The average Bonchev–Trinajstić information content (AvgIpc) is 2.52. The third-order valence-electron chi connectivity index (χ3n) is 2.12. The van der Waals surface area contributed by atoms with Crippen LogP contribution in [0.25, 0.3) is 0 Å². The van der Waals surface area contributed by atoms with E-state index in [1.165, 1.54) is 4.88 Å². The molecule has 0 bridgehead atoms. The van der Waals surface area contributed by atoms with Crippen LogP contribution in [0.2, 0.25) is 0 Å². The van der Waals surface area contributed by atoms with Gasteiger partial charge in [-0.2, -0.15) is 0 Å². The number of aryl methyl sites for hydroxylation is 2. The Kier molecular flexibility index (Phi) is 5.17. The first-order chi connectivity index (χ1) is 7.17. The molecule has 1 rings (SSSR count). The number of rotatable bonds is 6. The Balaban J connectivity index is 2.34. The highest BCUT2D eigenvalue weighted by Crippen LogP contribution is 2.16. The summed E-state index contributed by atoms with van der Waals surface area (Å²) in [6.45, 7) is 5.56. The van der Waals surface area contributed by atoms with Gasteiger partial charge in [0.1, 0.15) is 0 Å². The molecule has 1 N–H and O–H groups in total. The van der Waals surface area contributed by atoms with Gasteiger partial charge in [0.2, 0.25) is 0 Å². The number of ether oxygens (including phenoxy) is 2. The van der Waals surface area contributed by atoms with Crippen LogP contribution in [0, 0.1) is 13.8 Å². The Morgan fingerprint density at radius 1 is 1.33 bits per heavy atom. The summed E-state index contributed by atoms with van der Waals surface area (Å²) in [6, 6.07) is 0. The average molecular weight is 230 g/mol. The van der Waals surface area contributed by atoms with Crippen molar-refractivity contribution in [2.24, 2.45) is 0 Å². The van der Waals surface area contributed by atoms with E-state index < -0.39 is 0 Å². The zero-order valence-corrected chi connectivity index (χ0v) is 10.5. The van der Waals surface area contributed by atoms with Gasteiger partial charge in [0, 0.05) is 32.2 Å². The molecule has 1 aromatic heterocycles. The number of thiazole rings is 1. The third kappa shape index (κ3) is 3.87. The first kappa shape index (κ1) is 12.6. The van der Waals surface area contributed by atoms with Crippen LogP contribution in [-0.2, 0) is 16.0 Å². The van der Waals surface area contributed by atoms with E-state index in [4.69, 9.17) is 9.47 Å². The highest BCUT2D eigenvalue weighted by atomic mass is 32.1. The lowest BCUT2D eigenvalue weighted by atomic mass is 10.4. The van der Waals surface area contributed by atoms with Gasteiger partial charge in [0.05, 0.1) is 10.7 Å². The zero-order chi connectivity index (χ0) is 11.3. The minimum Gasteiger partial charge on any atom is -0.355 e. The lowest BCUT2D eigenvalue weighted by Gasteiger charge is -2.13. The van der Waals surface area contributed by atoms with E-state index in [0.717, 1.165) is 17.2 Å². The summed E-state index contributed by atoms with van der Waals surface area (Å²) in [5.74, 6) is 0. The van der Waals surface area contributed by atoms with Gasteiger partial charge >= 0.3 is 0 Å². The van der Waals surface area contributed by atoms with Crippen molar-refractivity contribution in [3.63, 3.8) is 0 Å². The molecule has 0 unspecified atom stereocenters. The van der Waals surface area contributed by atoms with E-state index in [1.54, 1.807) is 25.6 Å². The molecule has 0 fully saturated rings. The molecule has 0 aromatic carbocycles. The molecule has 0 aliphatic rings. The van der Waals surface area contributed by atoms with Crippen LogP contribution in [0.5, 0.6) is 0 Å². The number of aromatic nitrogens is 1. The molecular formula is C10H18N2O2S. The van der Waals surface area contributed by atoms with Crippen molar-refractivity contribution in [3.8, 4) is 0 Å². The predicted octanol–water partition coefficient (Wildman–Crippen LogP) is 1.47. The smallest absolute Gasteiger partial charge is 0.169 e. The number of hydrogen-bond donors (Lipinski definition) is 1. The minimum atomic E-state index is -0.181. The molecule has 0 spiro atoms. The molecule has 5 heteroatoms. The Hall–Kier alpha value is -0.490. The molecule has 86 valence electrons. The molecule has 1 heterocycles. The summed E-state index contributed by atoms with van der Waals surface area (Å²) in [6.07, 6.45) is -0.181. The van der Waals surface area contributed by atoms with E-state index in [9.17, 15) is 0 Å². The summed E-state index contributed by atoms with van der Waals surface area (Å²) >= 11 is 1.73. The largest absolute Gasteiger partial charge is 0.355 e. The SMILES string of the molecule is COC(CNCc1sc(C)nc1C)OC. The standard InChI is InChI=1S/C10H18N2O2S/c1-7-9(15-8(2)12-7)5-11-6-10(13-3)14-4/h10-11H,5-6H2,1-4H3. The molecule has 15 heavy (non-hydrogen) atoms. The van der Waals surface area contributed by atoms with Crippen LogP contribution in [0.4, 0.5) is 0 Å². The molecule has 0 saturated heterocycles. The summed E-state index contributed by atoms with van der Waals surface area (Å²) in [5.41, 5.74) is 1.11. The molecule has 0 amide bonds. The quantitative estimate of drug-likeness (QED) is 0.752. The number of hydrogen-bond acceptors (Lipinski definition) is 5. The van der Waals surface area contributed by atoms with E-state index >= 15 is 0 Å². The van der Waals surface area contributed by atoms with E-state index in [-0.39, 0.29) is 6.29 Å². The highest BCUT2D eigenvalue weighted by Gasteiger charge is 2.07. The first-order valence-electron chi connectivity index (χ1n) is 4.86. The fourth-order valence-electron chi connectivity index (χ4n) is 1.30. The summed E-state index contributed by atoms with van der Waals surface area (Å²) < 4.78 is 10.2. The fourth-order valence-corrected chi connectivity index (χ4v) is 2.21. The number of methoxy groups -OCH3 is 2. The van der Waals surface area contributed by atoms with E-state index in [2.05, 4.69) is 10.3 Å². The Morgan fingerprint density at radius 2 is 2.00 bits per heavy atom. The fraction of sp³-hybridized carbons (Fsp3) is 0.700. The molecule has 0 radical (unpaired) electrons. The normalized spacial score (nSPS) is 11.3. The Morgan fingerprint density at radius 3 is 2.47 bits per heavy atom. The second-order valence-electron chi connectivity index (χ2n) is 3.27. The van der Waals surface area contributed by atoms with Gasteiger partial charge in [-0.3, -0.25) is 0 Å². The molecule has 0 atom stereocenters. The summed E-state index contributed by atoms with van der Waals surface area (Å²) in [7, 11) is 3.27. The lowest BCUT2D eigenvalue weighted by molar-refractivity contribution is -0.0988. The van der Waals surface area contributed by atoms with Crippen molar-refractivity contribution in [1.82, 2.24) is 10.3 Å². The number of nitrogens with zero attached hydrogens (tertiary/aromatic N) is 1. The van der Waals surface area contributed by atoms with E-state index in [1.807, 2.05) is 13.8 Å². The Labute approximate surface area is 94.6 Å². The van der Waals surface area contributed by atoms with Gasteiger partial charge in [0.15, 0.2) is 6.29 Å². The highest BCUT2D eigenvalue weighted by molar-refractivity contribution is 7.11. The van der Waals surface area contributed by atoms with Crippen LogP contribution >= 0.6 is 11.3 Å². The van der Waals surface area contributed by atoms with Crippen LogP contribution in [-0.4, -0.2) is 32.0 Å². The van der Waals surface area contributed by atoms with Gasteiger partial charge in [-0.25, -0.2) is 4.98 Å². The second kappa shape index (κ2) is 6.17. The van der Waals surface area contributed by atoms with Gasteiger partial charge in [-0.1, -0.05) is 0 Å². The molecule has 4 nitrogen and oxygen atoms in total. The van der Waals surface area contributed by atoms with Crippen molar-refractivity contribution >= 4 is 11.3 Å². The van der Waals surface area contributed by atoms with Crippen LogP contribution < -0.4 is 5.32 Å². The van der Waals surface area contributed by atoms with Crippen LogP contribution in [0.3, 0.4) is 0 Å². The Bertz CT molecular complexity index is 298. The maximum atomic E-state index is 5.08. The molecule has 0 saturated carbocycles. The maximum absolute atomic E-state index is 5.08. The molecule has 0 aliphatic carbocycles. The van der Waals surface area contributed by atoms with Gasteiger partial charge < -0.3 is 14.8 Å². The van der Waals surface area contributed by atoms with Crippen molar-refractivity contribution < 1.29 is 9.47 Å². The minimum absolute atomic E-state index is 0.181. The maximum Gasteiger partial charge on any atom is 0.169 e. The van der Waals surface area contributed by atoms with Crippen molar-refractivity contribution in [2.75, 3.05) is 20.8 Å². The van der Waals surface area contributed by atoms with Gasteiger partial charge in [-0.05, 0) is 13.8 Å². The van der Waals surface area contributed by atoms with Crippen molar-refractivity contribution in [2.45, 2.75) is 26.7 Å². The van der Waals surface area contributed by atoms with Crippen LogP contribution in [0.15, 0.2) is 0 Å².